The molecule has 0 spiro atoms. The van der Waals surface area contributed by atoms with Crippen LogP contribution in [0.4, 0.5) is 5.95 Å². The molecule has 1 aromatic carbocycles. The maximum Gasteiger partial charge on any atom is 0.279 e. The van der Waals surface area contributed by atoms with Crippen molar-refractivity contribution in [3.63, 3.8) is 0 Å². The van der Waals surface area contributed by atoms with Crippen molar-refractivity contribution >= 4 is 56.6 Å². The molecule has 3 heterocycles. The standard InChI is InChI=1S/C16H10BrCl2N7O/c17-12-13(23-26-5-1-4-20-14(12)26)15(27)22-16-21-8-25(24-16)7-9-2-3-10(18)6-11(9)19/h1-6,8H,7H2,(H,22,24,27). The molecule has 0 aliphatic rings. The number of amides is 1. The predicted octanol–water partition coefficient (Wildman–Crippen LogP) is 3.69. The van der Waals surface area contributed by atoms with Crippen LogP contribution in [0.2, 0.25) is 10.0 Å². The number of hydrogen-bond donors (Lipinski definition) is 1. The van der Waals surface area contributed by atoms with E-state index in [-0.39, 0.29) is 11.6 Å². The van der Waals surface area contributed by atoms with Gasteiger partial charge in [0.2, 0.25) is 5.95 Å². The first-order chi connectivity index (χ1) is 13.0. The SMILES string of the molecule is O=C(Nc1ncn(Cc2ccc(Cl)cc2Cl)n1)c1nn2cccnc2c1Br. The Balaban J connectivity index is 1.51. The molecule has 0 saturated carbocycles. The molecule has 1 N–H and O–H groups in total. The van der Waals surface area contributed by atoms with Gasteiger partial charge in [-0.05, 0) is 39.7 Å². The smallest absolute Gasteiger partial charge is 0.279 e. The fourth-order valence-electron chi connectivity index (χ4n) is 2.42. The van der Waals surface area contributed by atoms with Crippen LogP contribution < -0.4 is 5.32 Å². The van der Waals surface area contributed by atoms with Crippen LogP contribution in [0, 0.1) is 0 Å². The van der Waals surface area contributed by atoms with Gasteiger partial charge in [0.1, 0.15) is 6.33 Å². The highest BCUT2D eigenvalue weighted by molar-refractivity contribution is 9.10. The lowest BCUT2D eigenvalue weighted by Gasteiger charge is -2.04. The Morgan fingerprint density at radius 1 is 1.22 bits per heavy atom. The number of fused-ring (bicyclic) bond motifs is 1. The monoisotopic (exact) mass is 465 g/mol. The van der Waals surface area contributed by atoms with E-state index in [0.717, 1.165) is 5.56 Å². The van der Waals surface area contributed by atoms with Crippen molar-refractivity contribution in [1.82, 2.24) is 29.4 Å². The minimum absolute atomic E-state index is 0.155. The average molecular weight is 467 g/mol. The van der Waals surface area contributed by atoms with Gasteiger partial charge in [-0.25, -0.2) is 19.2 Å². The minimum Gasteiger partial charge on any atom is -0.288 e. The summed E-state index contributed by atoms with van der Waals surface area (Å²) in [6.07, 6.45) is 4.82. The Morgan fingerprint density at radius 3 is 2.85 bits per heavy atom. The Morgan fingerprint density at radius 2 is 2.07 bits per heavy atom. The van der Waals surface area contributed by atoms with Crippen molar-refractivity contribution in [2.45, 2.75) is 6.54 Å². The van der Waals surface area contributed by atoms with Crippen LogP contribution in [0.15, 0.2) is 47.5 Å². The molecule has 0 bridgehead atoms. The first-order valence-electron chi connectivity index (χ1n) is 7.65. The van der Waals surface area contributed by atoms with E-state index in [1.54, 1.807) is 35.3 Å². The highest BCUT2D eigenvalue weighted by atomic mass is 79.9. The molecule has 0 unspecified atom stereocenters. The summed E-state index contributed by atoms with van der Waals surface area (Å²) in [5.41, 5.74) is 1.56. The van der Waals surface area contributed by atoms with Gasteiger partial charge in [0.25, 0.3) is 5.91 Å². The lowest BCUT2D eigenvalue weighted by molar-refractivity contribution is 0.102. The zero-order chi connectivity index (χ0) is 19.0. The summed E-state index contributed by atoms with van der Waals surface area (Å²) in [4.78, 5) is 20.8. The van der Waals surface area contributed by atoms with E-state index in [2.05, 4.69) is 41.4 Å². The molecule has 27 heavy (non-hydrogen) atoms. The van der Waals surface area contributed by atoms with Crippen LogP contribution in [0.25, 0.3) is 5.65 Å². The molecule has 8 nitrogen and oxygen atoms in total. The van der Waals surface area contributed by atoms with Crippen LogP contribution >= 0.6 is 39.1 Å². The van der Waals surface area contributed by atoms with E-state index in [9.17, 15) is 4.79 Å². The quantitative estimate of drug-likeness (QED) is 0.495. The second kappa shape index (κ2) is 7.26. The van der Waals surface area contributed by atoms with Gasteiger partial charge in [-0.1, -0.05) is 29.3 Å². The highest BCUT2D eigenvalue weighted by Crippen LogP contribution is 2.22. The molecule has 0 radical (unpaired) electrons. The van der Waals surface area contributed by atoms with Crippen molar-refractivity contribution < 1.29 is 4.79 Å². The zero-order valence-corrected chi connectivity index (χ0v) is 16.6. The molecule has 136 valence electrons. The number of nitrogens with one attached hydrogen (secondary N) is 1. The van der Waals surface area contributed by atoms with E-state index in [0.29, 0.717) is 26.7 Å². The number of benzene rings is 1. The van der Waals surface area contributed by atoms with Crippen LogP contribution in [0.5, 0.6) is 0 Å². The van der Waals surface area contributed by atoms with Crippen molar-refractivity contribution in [3.8, 4) is 0 Å². The van der Waals surface area contributed by atoms with E-state index >= 15 is 0 Å². The molecule has 0 atom stereocenters. The Bertz CT molecular complexity index is 1160. The first-order valence-corrected chi connectivity index (χ1v) is 9.20. The maximum atomic E-state index is 12.5. The summed E-state index contributed by atoms with van der Waals surface area (Å²) in [7, 11) is 0. The average Bonchev–Trinajstić information content (AvgIpc) is 3.22. The van der Waals surface area contributed by atoms with Crippen LogP contribution in [0.3, 0.4) is 0 Å². The highest BCUT2D eigenvalue weighted by Gasteiger charge is 2.19. The molecule has 4 rings (SSSR count). The topological polar surface area (TPSA) is 90.0 Å². The Labute approximate surface area is 171 Å². The van der Waals surface area contributed by atoms with E-state index < -0.39 is 5.91 Å². The van der Waals surface area contributed by atoms with Crippen molar-refractivity contribution in [1.29, 1.82) is 0 Å². The third-order valence-electron chi connectivity index (χ3n) is 3.66. The summed E-state index contributed by atoms with van der Waals surface area (Å²) in [6.45, 7) is 0.390. The van der Waals surface area contributed by atoms with Crippen molar-refractivity contribution in [2.75, 3.05) is 5.32 Å². The van der Waals surface area contributed by atoms with Crippen LogP contribution in [-0.4, -0.2) is 35.3 Å². The molecular weight excluding hydrogens is 457 g/mol. The Hall–Kier alpha value is -2.49. The third kappa shape index (κ3) is 3.66. The van der Waals surface area contributed by atoms with Gasteiger partial charge in [0, 0.05) is 22.4 Å². The number of carbonyl (C=O) groups is 1. The fourth-order valence-corrected chi connectivity index (χ4v) is 3.43. The number of hydrogen-bond acceptors (Lipinski definition) is 5. The number of halogens is 3. The summed E-state index contributed by atoms with van der Waals surface area (Å²) in [5, 5.41) is 12.2. The number of nitrogens with zero attached hydrogens (tertiary/aromatic N) is 6. The van der Waals surface area contributed by atoms with E-state index in [1.165, 1.54) is 10.8 Å². The summed E-state index contributed by atoms with van der Waals surface area (Å²) < 4.78 is 3.56. The zero-order valence-electron chi connectivity index (χ0n) is 13.5. The first kappa shape index (κ1) is 17.9. The molecule has 0 aliphatic heterocycles. The lowest BCUT2D eigenvalue weighted by Crippen LogP contribution is -2.14. The van der Waals surface area contributed by atoms with Gasteiger partial charge in [0.05, 0.1) is 11.0 Å². The fraction of sp³-hybridized carbons (Fsp3) is 0.0625. The number of anilines is 1. The number of carbonyl (C=O) groups excluding carboxylic acids is 1. The van der Waals surface area contributed by atoms with Gasteiger partial charge in [-0.2, -0.15) is 5.10 Å². The van der Waals surface area contributed by atoms with E-state index in [4.69, 9.17) is 23.2 Å². The maximum absolute atomic E-state index is 12.5. The van der Waals surface area contributed by atoms with Gasteiger partial charge >= 0.3 is 0 Å². The van der Waals surface area contributed by atoms with Gasteiger partial charge < -0.3 is 0 Å². The summed E-state index contributed by atoms with van der Waals surface area (Å²) >= 11 is 15.4. The molecule has 4 aromatic rings. The third-order valence-corrected chi connectivity index (χ3v) is 4.98. The number of aromatic nitrogens is 6. The molecule has 0 saturated heterocycles. The van der Waals surface area contributed by atoms with Crippen molar-refractivity contribution in [3.05, 3.63) is 68.8 Å². The predicted molar refractivity (Wildman–Crippen MR) is 104 cm³/mol. The van der Waals surface area contributed by atoms with E-state index in [1.807, 2.05) is 6.07 Å². The van der Waals surface area contributed by atoms with Gasteiger partial charge in [0.15, 0.2) is 11.3 Å². The summed E-state index contributed by atoms with van der Waals surface area (Å²) in [6, 6.07) is 6.94. The molecule has 1 amide bonds. The molecule has 0 fully saturated rings. The minimum atomic E-state index is -0.449. The second-order valence-corrected chi connectivity index (χ2v) is 7.14. The lowest BCUT2D eigenvalue weighted by atomic mass is 10.2. The van der Waals surface area contributed by atoms with Gasteiger partial charge in [-0.15, -0.1) is 5.10 Å². The number of rotatable bonds is 4. The molecule has 3 aromatic heterocycles. The normalized spacial score (nSPS) is 11.1. The largest absolute Gasteiger partial charge is 0.288 e. The van der Waals surface area contributed by atoms with Crippen LogP contribution in [-0.2, 0) is 6.54 Å². The molecule has 0 aliphatic carbocycles. The molecule has 11 heteroatoms. The van der Waals surface area contributed by atoms with Crippen molar-refractivity contribution in [2.24, 2.45) is 0 Å². The second-order valence-electron chi connectivity index (χ2n) is 5.51. The van der Waals surface area contributed by atoms with Gasteiger partial charge in [-0.3, -0.25) is 10.1 Å². The Kier molecular flexibility index (Phi) is 4.81. The molecular formula is C16H10BrCl2N7O. The van der Waals surface area contributed by atoms with Crippen LogP contribution in [0.1, 0.15) is 16.1 Å². The summed E-state index contributed by atoms with van der Waals surface area (Å²) in [5.74, 6) is -0.295.